The maximum absolute atomic E-state index is 9.32. The van der Waals surface area contributed by atoms with Crippen LogP contribution in [0.5, 0.6) is 0 Å². The highest BCUT2D eigenvalue weighted by Crippen LogP contribution is 2.29. The molecule has 0 spiro atoms. The van der Waals surface area contributed by atoms with E-state index in [1.165, 1.54) is 0 Å². The Bertz CT molecular complexity index is 36.5. The summed E-state index contributed by atoms with van der Waals surface area (Å²) in [7, 11) is 0. The zero-order valence-electron chi connectivity index (χ0n) is 2.16. The first-order valence-corrected chi connectivity index (χ1v) is 4.15. The van der Waals surface area contributed by atoms with Crippen molar-refractivity contribution in [1.82, 2.24) is 0 Å². The van der Waals surface area contributed by atoms with Gasteiger partial charge in [-0.15, -0.1) is 12.4 Å². The van der Waals surface area contributed by atoms with Crippen LogP contribution in [0.4, 0.5) is 0 Å². The lowest BCUT2D eigenvalue weighted by atomic mass is 12.0. The van der Waals surface area contributed by atoms with Crippen molar-refractivity contribution in [3.63, 3.8) is 0 Å². The van der Waals surface area contributed by atoms with Gasteiger partial charge in [-0.25, -0.2) is 0 Å². The zero-order valence-corrected chi connectivity index (χ0v) is 5.66. The van der Waals surface area contributed by atoms with E-state index in [4.69, 9.17) is 0 Å². The Morgan fingerprint density at radius 1 is 1.33 bits per heavy atom. The molecule has 0 fully saturated rings. The van der Waals surface area contributed by atoms with Gasteiger partial charge >= 0.3 is 6.20 Å². The smallest absolute Gasteiger partial charge is 0.147 e. The predicted octanol–water partition coefficient (Wildman–Crippen LogP) is 2.56. The Kier molecular flexibility index (Phi) is 24.7. The third-order valence-corrected chi connectivity index (χ3v) is 0. The minimum atomic E-state index is -1.48. The van der Waals surface area contributed by atoms with E-state index in [2.05, 4.69) is 24.5 Å². The van der Waals surface area contributed by atoms with E-state index in [-0.39, 0.29) is 19.8 Å². The molecule has 1 nitrogen and oxygen atoms in total. The molecule has 0 aliphatic rings. The monoisotopic (exact) mass is 165 g/mol. The highest BCUT2D eigenvalue weighted by Gasteiger charge is 1.88. The van der Waals surface area contributed by atoms with Gasteiger partial charge in [-0.3, -0.25) is 0 Å². The van der Waals surface area contributed by atoms with Crippen LogP contribution in [0.25, 0.3) is 0 Å². The fourth-order valence-electron chi connectivity index (χ4n) is 0. The summed E-state index contributed by atoms with van der Waals surface area (Å²) in [6, 6.07) is 0. The second kappa shape index (κ2) is 9.43. The molecule has 0 aromatic rings. The molecular formula is CH7ClOPS2+. The van der Waals surface area contributed by atoms with Crippen LogP contribution < -0.4 is 0 Å². The van der Waals surface area contributed by atoms with Gasteiger partial charge in [0.15, 0.2) is 0 Å². The third kappa shape index (κ3) is 71.7. The number of thiol groups is 2. The van der Waals surface area contributed by atoms with Crippen molar-refractivity contribution in [1.29, 1.82) is 0 Å². The number of halogens is 1. The Balaban J connectivity index is -0.0000000450. The van der Waals surface area contributed by atoms with Gasteiger partial charge in [0.25, 0.3) is 0 Å². The maximum atomic E-state index is 9.32. The lowest BCUT2D eigenvalue weighted by Crippen LogP contribution is -0.966. The highest BCUT2D eigenvalue weighted by molar-refractivity contribution is 8.73. The molecule has 0 rings (SSSR count). The summed E-state index contributed by atoms with van der Waals surface area (Å²) in [6.07, 6.45) is -1.48. The summed E-state index contributed by atoms with van der Waals surface area (Å²) in [5.74, 6) is 0. The van der Waals surface area contributed by atoms with Crippen molar-refractivity contribution < 1.29 is 4.57 Å². The van der Waals surface area contributed by atoms with Gasteiger partial charge in [0.2, 0.25) is 0 Å². The van der Waals surface area contributed by atoms with Gasteiger partial charge in [-0.2, -0.15) is 0 Å². The van der Waals surface area contributed by atoms with Crippen LogP contribution in [0.1, 0.15) is 7.43 Å². The van der Waals surface area contributed by atoms with Crippen molar-refractivity contribution in [3.05, 3.63) is 0 Å². The van der Waals surface area contributed by atoms with Crippen LogP contribution in [0.15, 0.2) is 0 Å². The second-order valence-electron chi connectivity index (χ2n) is 0.253. The minimum Gasteiger partial charge on any atom is -0.147 e. The average molecular weight is 166 g/mol. The quantitative estimate of drug-likeness (QED) is 0.417. The highest BCUT2D eigenvalue weighted by atomic mass is 35.5. The van der Waals surface area contributed by atoms with Crippen molar-refractivity contribution in [2.75, 3.05) is 0 Å². The molecule has 0 aliphatic carbocycles. The normalized spacial score (nSPS) is 4.33. The SMILES string of the molecule is C.Cl.O=[P+](S)S. The fraction of sp³-hybridized carbons (Fsp3) is 1.00. The van der Waals surface area contributed by atoms with Gasteiger partial charge < -0.3 is 0 Å². The molecule has 0 saturated heterocycles. The molecule has 0 unspecified atom stereocenters. The molecular weight excluding hydrogens is 159 g/mol. The molecule has 40 valence electrons. The summed E-state index contributed by atoms with van der Waals surface area (Å²) >= 11 is 6.68. The van der Waals surface area contributed by atoms with Crippen LogP contribution in [0, 0.1) is 0 Å². The Morgan fingerprint density at radius 3 is 1.33 bits per heavy atom. The zero-order chi connectivity index (χ0) is 3.58. The summed E-state index contributed by atoms with van der Waals surface area (Å²) in [4.78, 5) is 0. The molecule has 0 aromatic heterocycles. The van der Waals surface area contributed by atoms with Crippen molar-refractivity contribution in [3.8, 4) is 0 Å². The molecule has 0 saturated carbocycles. The summed E-state index contributed by atoms with van der Waals surface area (Å²) in [6.45, 7) is 0. The second-order valence-corrected chi connectivity index (χ2v) is 3.88. The Morgan fingerprint density at radius 2 is 1.33 bits per heavy atom. The summed E-state index contributed by atoms with van der Waals surface area (Å²) < 4.78 is 9.32. The average Bonchev–Trinajstić information content (AvgIpc) is 0.811. The van der Waals surface area contributed by atoms with Crippen LogP contribution in [0.2, 0.25) is 0 Å². The first-order valence-electron chi connectivity index (χ1n) is 0.583. The van der Waals surface area contributed by atoms with Crippen LogP contribution >= 0.6 is 43.1 Å². The van der Waals surface area contributed by atoms with Crippen LogP contribution in [-0.2, 0) is 4.57 Å². The Labute approximate surface area is 55.4 Å². The van der Waals surface area contributed by atoms with Gasteiger partial charge in [0, 0.05) is 0 Å². The number of rotatable bonds is 0. The standard InChI is InChI=1S/CH4.ClH.HOPS2/c;;1-2(3)4/h1H4;1H;(H-,1,3,4)/p+1. The van der Waals surface area contributed by atoms with Crippen LogP contribution in [0.3, 0.4) is 0 Å². The molecule has 0 bridgehead atoms. The van der Waals surface area contributed by atoms with E-state index in [1.807, 2.05) is 0 Å². The van der Waals surface area contributed by atoms with E-state index >= 15 is 0 Å². The first-order chi connectivity index (χ1) is 1.73. The minimum absolute atomic E-state index is 0. The van der Waals surface area contributed by atoms with Crippen molar-refractivity contribution >= 4 is 43.1 Å². The van der Waals surface area contributed by atoms with Gasteiger partial charge in [0.1, 0.15) is 24.5 Å². The van der Waals surface area contributed by atoms with E-state index in [0.717, 1.165) is 0 Å². The molecule has 0 aliphatic heterocycles. The summed E-state index contributed by atoms with van der Waals surface area (Å²) in [5.41, 5.74) is 0. The predicted molar refractivity (Wildman–Crippen MR) is 39.6 cm³/mol. The fourth-order valence-corrected chi connectivity index (χ4v) is 0. The van der Waals surface area contributed by atoms with Crippen LogP contribution in [-0.4, -0.2) is 0 Å². The number of hydrogen-bond acceptors (Lipinski definition) is 1. The van der Waals surface area contributed by atoms with E-state index in [0.29, 0.717) is 0 Å². The molecule has 0 radical (unpaired) electrons. The van der Waals surface area contributed by atoms with Crippen molar-refractivity contribution in [2.24, 2.45) is 0 Å². The van der Waals surface area contributed by atoms with E-state index in [9.17, 15) is 4.57 Å². The summed E-state index contributed by atoms with van der Waals surface area (Å²) in [5, 5.41) is 0. The van der Waals surface area contributed by atoms with E-state index in [1.54, 1.807) is 0 Å². The topological polar surface area (TPSA) is 17.1 Å². The molecule has 5 heteroatoms. The molecule has 0 N–H and O–H groups in total. The lowest BCUT2D eigenvalue weighted by molar-refractivity contribution is 0.604. The molecule has 0 heterocycles. The maximum Gasteiger partial charge on any atom is 0.477 e. The van der Waals surface area contributed by atoms with Gasteiger partial charge in [0.05, 0.1) is 0 Å². The van der Waals surface area contributed by atoms with Gasteiger partial charge in [-0.05, 0) is 4.57 Å². The number of hydrogen-bond donors (Lipinski definition) is 2. The first kappa shape index (κ1) is 15.7. The Hall–Kier alpha value is 1.09. The van der Waals surface area contributed by atoms with Crippen molar-refractivity contribution in [2.45, 2.75) is 7.43 Å². The van der Waals surface area contributed by atoms with E-state index < -0.39 is 6.20 Å². The lowest BCUT2D eigenvalue weighted by Gasteiger charge is -1.31. The molecule has 0 amide bonds. The largest absolute Gasteiger partial charge is 0.477 e. The van der Waals surface area contributed by atoms with Gasteiger partial charge in [-0.1, -0.05) is 7.43 Å². The molecule has 0 atom stereocenters. The molecule has 0 aromatic carbocycles. The molecule has 6 heavy (non-hydrogen) atoms. The third-order valence-electron chi connectivity index (χ3n) is 0.